The summed E-state index contributed by atoms with van der Waals surface area (Å²) < 4.78 is 10.5. The van der Waals surface area contributed by atoms with Gasteiger partial charge in [-0.1, -0.05) is 30.3 Å². The van der Waals surface area contributed by atoms with Crippen LogP contribution >= 0.6 is 0 Å². The van der Waals surface area contributed by atoms with Gasteiger partial charge in [-0.25, -0.2) is 4.79 Å². The van der Waals surface area contributed by atoms with Crippen molar-refractivity contribution in [1.29, 1.82) is 0 Å². The molecular formula is C24H33N3O3. The zero-order chi connectivity index (χ0) is 21.2. The molecular weight excluding hydrogens is 378 g/mol. The summed E-state index contributed by atoms with van der Waals surface area (Å²) in [5, 5.41) is 9.41. The molecule has 162 valence electrons. The molecule has 1 saturated heterocycles. The van der Waals surface area contributed by atoms with Gasteiger partial charge in [-0.2, -0.15) is 0 Å². The third kappa shape index (κ3) is 6.66. The molecule has 2 atom stereocenters. The Hall–Kier alpha value is -2.73. The number of methoxy groups -OCH3 is 2. The zero-order valence-corrected chi connectivity index (χ0v) is 17.9. The Morgan fingerprint density at radius 1 is 1.10 bits per heavy atom. The fraction of sp³-hybridized carbons (Fsp3) is 0.458. The summed E-state index contributed by atoms with van der Waals surface area (Å²) in [6, 6.07) is 16.4. The SMILES string of the molecule is COc1ccc(NC(=O)NCCCC2CC(Cc3ccccc3)CCN2)cc1OC. The number of hydrogen-bond donors (Lipinski definition) is 3. The number of urea groups is 1. The van der Waals surface area contributed by atoms with E-state index in [1.165, 1.54) is 18.4 Å². The molecule has 0 aliphatic carbocycles. The summed E-state index contributed by atoms with van der Waals surface area (Å²) in [6.07, 6.45) is 5.62. The molecule has 3 N–H and O–H groups in total. The van der Waals surface area contributed by atoms with Gasteiger partial charge in [0.05, 0.1) is 14.2 Å². The lowest BCUT2D eigenvalue weighted by molar-refractivity contribution is 0.250. The van der Waals surface area contributed by atoms with Crippen molar-refractivity contribution in [3.8, 4) is 11.5 Å². The fourth-order valence-electron chi connectivity index (χ4n) is 4.09. The summed E-state index contributed by atoms with van der Waals surface area (Å²) in [4.78, 5) is 12.2. The Labute approximate surface area is 179 Å². The lowest BCUT2D eigenvalue weighted by Crippen LogP contribution is -2.39. The molecule has 1 fully saturated rings. The van der Waals surface area contributed by atoms with Gasteiger partial charge in [-0.3, -0.25) is 0 Å². The molecule has 1 aliphatic heterocycles. The quantitative estimate of drug-likeness (QED) is 0.541. The van der Waals surface area contributed by atoms with E-state index in [1.807, 2.05) is 0 Å². The van der Waals surface area contributed by atoms with Crippen LogP contribution in [0.1, 0.15) is 31.2 Å². The van der Waals surface area contributed by atoms with E-state index in [4.69, 9.17) is 9.47 Å². The van der Waals surface area contributed by atoms with Crippen LogP contribution in [-0.2, 0) is 6.42 Å². The van der Waals surface area contributed by atoms with Gasteiger partial charge in [0.15, 0.2) is 11.5 Å². The van der Waals surface area contributed by atoms with Crippen molar-refractivity contribution < 1.29 is 14.3 Å². The number of benzene rings is 2. The molecule has 2 aromatic carbocycles. The van der Waals surface area contributed by atoms with Crippen LogP contribution in [0.15, 0.2) is 48.5 Å². The summed E-state index contributed by atoms with van der Waals surface area (Å²) in [6.45, 7) is 1.73. The van der Waals surface area contributed by atoms with Gasteiger partial charge in [0, 0.05) is 24.3 Å². The molecule has 1 heterocycles. The molecule has 3 rings (SSSR count). The van der Waals surface area contributed by atoms with Crippen molar-refractivity contribution in [1.82, 2.24) is 10.6 Å². The second-order valence-electron chi connectivity index (χ2n) is 7.82. The lowest BCUT2D eigenvalue weighted by atomic mass is 9.86. The predicted octanol–water partition coefficient (Wildman–Crippen LogP) is 4.22. The highest BCUT2D eigenvalue weighted by Gasteiger charge is 2.21. The topological polar surface area (TPSA) is 71.6 Å². The van der Waals surface area contributed by atoms with Gasteiger partial charge in [-0.05, 0) is 62.3 Å². The van der Waals surface area contributed by atoms with Crippen LogP contribution in [0.2, 0.25) is 0 Å². The summed E-state index contributed by atoms with van der Waals surface area (Å²) in [7, 11) is 3.16. The van der Waals surface area contributed by atoms with Crippen LogP contribution in [0, 0.1) is 5.92 Å². The molecule has 0 aromatic heterocycles. The van der Waals surface area contributed by atoms with Crippen molar-refractivity contribution in [3.63, 3.8) is 0 Å². The number of nitrogens with one attached hydrogen (secondary N) is 3. The van der Waals surface area contributed by atoms with E-state index in [2.05, 4.69) is 46.3 Å². The molecule has 0 radical (unpaired) electrons. The molecule has 2 aromatic rings. The van der Waals surface area contributed by atoms with E-state index in [0.29, 0.717) is 29.8 Å². The standard InChI is InChI=1S/C24H33N3O3/c1-29-22-11-10-21(17-23(22)30-2)27-24(28)26-13-6-9-20-16-19(12-14-25-20)15-18-7-4-3-5-8-18/h3-5,7-8,10-11,17,19-20,25H,6,9,12-16H2,1-2H3,(H2,26,27,28). The Morgan fingerprint density at radius 2 is 1.90 bits per heavy atom. The second-order valence-corrected chi connectivity index (χ2v) is 7.82. The molecule has 0 spiro atoms. The highest BCUT2D eigenvalue weighted by atomic mass is 16.5. The average molecular weight is 412 g/mol. The maximum Gasteiger partial charge on any atom is 0.319 e. The molecule has 30 heavy (non-hydrogen) atoms. The molecule has 6 heteroatoms. The lowest BCUT2D eigenvalue weighted by Gasteiger charge is -2.30. The Morgan fingerprint density at radius 3 is 2.67 bits per heavy atom. The van der Waals surface area contributed by atoms with Crippen LogP contribution in [0.5, 0.6) is 11.5 Å². The number of ether oxygens (including phenoxy) is 2. The Kier molecular flexibility index (Phi) is 8.39. The van der Waals surface area contributed by atoms with Crippen molar-refractivity contribution in [2.24, 2.45) is 5.92 Å². The summed E-state index contributed by atoms with van der Waals surface area (Å²) in [5.74, 6) is 1.96. The van der Waals surface area contributed by atoms with Crippen LogP contribution in [0.4, 0.5) is 10.5 Å². The fourth-order valence-corrected chi connectivity index (χ4v) is 4.09. The molecule has 1 aliphatic rings. The van der Waals surface area contributed by atoms with Crippen molar-refractivity contribution in [2.75, 3.05) is 32.6 Å². The first-order valence-corrected chi connectivity index (χ1v) is 10.7. The summed E-state index contributed by atoms with van der Waals surface area (Å²) in [5.41, 5.74) is 2.10. The van der Waals surface area contributed by atoms with Gasteiger partial charge < -0.3 is 25.4 Å². The third-order valence-electron chi connectivity index (χ3n) is 5.63. The minimum atomic E-state index is -0.208. The number of anilines is 1. The van der Waals surface area contributed by atoms with Gasteiger partial charge in [-0.15, -0.1) is 0 Å². The van der Waals surface area contributed by atoms with Crippen LogP contribution in [0.25, 0.3) is 0 Å². The number of hydrogen-bond acceptors (Lipinski definition) is 4. The monoisotopic (exact) mass is 411 g/mol. The maximum atomic E-state index is 12.2. The van der Waals surface area contributed by atoms with Gasteiger partial charge in [0.25, 0.3) is 0 Å². The molecule has 0 bridgehead atoms. The number of amides is 2. The van der Waals surface area contributed by atoms with E-state index >= 15 is 0 Å². The van der Waals surface area contributed by atoms with Crippen molar-refractivity contribution >= 4 is 11.7 Å². The zero-order valence-electron chi connectivity index (χ0n) is 17.9. The third-order valence-corrected chi connectivity index (χ3v) is 5.63. The molecule has 2 amide bonds. The predicted molar refractivity (Wildman–Crippen MR) is 120 cm³/mol. The first-order chi connectivity index (χ1) is 14.7. The van der Waals surface area contributed by atoms with E-state index in [-0.39, 0.29) is 6.03 Å². The average Bonchev–Trinajstić information content (AvgIpc) is 2.77. The van der Waals surface area contributed by atoms with Crippen LogP contribution in [0.3, 0.4) is 0 Å². The van der Waals surface area contributed by atoms with E-state index in [9.17, 15) is 4.79 Å². The number of piperidine rings is 1. The van der Waals surface area contributed by atoms with Crippen LogP contribution in [-0.4, -0.2) is 39.4 Å². The highest BCUT2D eigenvalue weighted by Crippen LogP contribution is 2.29. The highest BCUT2D eigenvalue weighted by molar-refractivity contribution is 5.89. The normalized spacial score (nSPS) is 18.5. The minimum Gasteiger partial charge on any atom is -0.493 e. The van der Waals surface area contributed by atoms with Crippen LogP contribution < -0.4 is 25.4 Å². The number of carbonyl (C=O) groups excluding carboxylic acids is 1. The molecule has 2 unspecified atom stereocenters. The van der Waals surface area contributed by atoms with Crippen molar-refractivity contribution in [2.45, 2.75) is 38.1 Å². The first kappa shape index (κ1) is 22.0. The van der Waals surface area contributed by atoms with Crippen molar-refractivity contribution in [3.05, 3.63) is 54.1 Å². The van der Waals surface area contributed by atoms with E-state index in [1.54, 1.807) is 32.4 Å². The molecule has 6 nitrogen and oxygen atoms in total. The second kappa shape index (κ2) is 11.5. The first-order valence-electron chi connectivity index (χ1n) is 10.7. The Bertz CT molecular complexity index is 798. The van der Waals surface area contributed by atoms with E-state index < -0.39 is 0 Å². The number of carbonyl (C=O) groups is 1. The smallest absolute Gasteiger partial charge is 0.319 e. The van der Waals surface area contributed by atoms with Gasteiger partial charge in [0.1, 0.15) is 0 Å². The minimum absolute atomic E-state index is 0.208. The van der Waals surface area contributed by atoms with Gasteiger partial charge >= 0.3 is 6.03 Å². The number of rotatable bonds is 9. The maximum absolute atomic E-state index is 12.2. The van der Waals surface area contributed by atoms with Gasteiger partial charge in [0.2, 0.25) is 0 Å². The Balaban J connectivity index is 1.35. The largest absolute Gasteiger partial charge is 0.493 e. The summed E-state index contributed by atoms with van der Waals surface area (Å²) >= 11 is 0. The molecule has 0 saturated carbocycles. The van der Waals surface area contributed by atoms with E-state index in [0.717, 1.165) is 31.7 Å².